The SMILES string of the molecule is CC(Cc1cccs1)NCc1coc2ccccc12. The van der Waals surface area contributed by atoms with Crippen molar-refractivity contribution in [3.63, 3.8) is 0 Å². The largest absolute Gasteiger partial charge is 0.464 e. The second-order valence-electron chi connectivity index (χ2n) is 4.82. The first-order chi connectivity index (χ1) is 9.33. The fourth-order valence-electron chi connectivity index (χ4n) is 2.26. The van der Waals surface area contributed by atoms with Gasteiger partial charge in [-0.2, -0.15) is 0 Å². The lowest BCUT2D eigenvalue weighted by Gasteiger charge is -2.12. The number of fused-ring (bicyclic) bond motifs is 1. The van der Waals surface area contributed by atoms with Crippen molar-refractivity contribution >= 4 is 22.3 Å². The van der Waals surface area contributed by atoms with Gasteiger partial charge in [-0.15, -0.1) is 11.3 Å². The van der Waals surface area contributed by atoms with Gasteiger partial charge in [0.25, 0.3) is 0 Å². The van der Waals surface area contributed by atoms with Gasteiger partial charge in [-0.05, 0) is 30.9 Å². The molecule has 98 valence electrons. The van der Waals surface area contributed by atoms with Crippen LogP contribution < -0.4 is 5.32 Å². The van der Waals surface area contributed by atoms with Crippen LogP contribution in [0, 0.1) is 0 Å². The molecule has 0 saturated heterocycles. The monoisotopic (exact) mass is 271 g/mol. The third-order valence-electron chi connectivity index (χ3n) is 3.29. The van der Waals surface area contributed by atoms with Crippen LogP contribution in [0.1, 0.15) is 17.4 Å². The molecule has 0 bridgehead atoms. The van der Waals surface area contributed by atoms with Crippen molar-refractivity contribution in [2.24, 2.45) is 0 Å². The zero-order valence-corrected chi connectivity index (χ0v) is 11.7. The highest BCUT2D eigenvalue weighted by Crippen LogP contribution is 2.20. The Labute approximate surface area is 117 Å². The summed E-state index contributed by atoms with van der Waals surface area (Å²) in [6, 6.07) is 12.9. The summed E-state index contributed by atoms with van der Waals surface area (Å²) in [6.45, 7) is 3.07. The lowest BCUT2D eigenvalue weighted by molar-refractivity contribution is 0.542. The molecule has 1 unspecified atom stereocenters. The first kappa shape index (κ1) is 12.5. The molecule has 3 aromatic rings. The Kier molecular flexibility index (Phi) is 3.67. The molecular formula is C16H17NOS. The van der Waals surface area contributed by atoms with Gasteiger partial charge in [-0.1, -0.05) is 24.3 Å². The van der Waals surface area contributed by atoms with Gasteiger partial charge in [0, 0.05) is 28.4 Å². The summed E-state index contributed by atoms with van der Waals surface area (Å²) in [5.41, 5.74) is 2.19. The highest BCUT2D eigenvalue weighted by molar-refractivity contribution is 7.09. The number of rotatable bonds is 5. The Morgan fingerprint density at radius 2 is 2.11 bits per heavy atom. The molecule has 1 N–H and O–H groups in total. The molecule has 0 amide bonds. The minimum absolute atomic E-state index is 0.465. The summed E-state index contributed by atoms with van der Waals surface area (Å²) in [5, 5.41) is 6.90. The standard InChI is InChI=1S/C16H17NOS/c1-12(9-14-5-4-8-19-14)17-10-13-11-18-16-7-3-2-6-15(13)16/h2-8,11-12,17H,9-10H2,1H3. The fourth-order valence-corrected chi connectivity index (χ4v) is 3.09. The van der Waals surface area contributed by atoms with Gasteiger partial charge in [0.2, 0.25) is 0 Å². The van der Waals surface area contributed by atoms with Crippen LogP contribution in [0.15, 0.2) is 52.5 Å². The quantitative estimate of drug-likeness (QED) is 0.751. The molecule has 0 radical (unpaired) electrons. The topological polar surface area (TPSA) is 25.2 Å². The van der Waals surface area contributed by atoms with Gasteiger partial charge in [0.1, 0.15) is 5.58 Å². The molecule has 0 fully saturated rings. The maximum absolute atomic E-state index is 5.55. The van der Waals surface area contributed by atoms with Gasteiger partial charge in [-0.3, -0.25) is 0 Å². The first-order valence-corrected chi connectivity index (χ1v) is 7.42. The Hall–Kier alpha value is -1.58. The van der Waals surface area contributed by atoms with Crippen molar-refractivity contribution in [3.8, 4) is 0 Å². The molecule has 0 aliphatic rings. The van der Waals surface area contributed by atoms with Crippen molar-refractivity contribution in [1.29, 1.82) is 0 Å². The van der Waals surface area contributed by atoms with Crippen molar-refractivity contribution in [2.45, 2.75) is 25.9 Å². The predicted octanol–water partition coefficient (Wildman–Crippen LogP) is 4.22. The highest BCUT2D eigenvalue weighted by Gasteiger charge is 2.08. The summed E-state index contributed by atoms with van der Waals surface area (Å²) in [7, 11) is 0. The maximum Gasteiger partial charge on any atom is 0.134 e. The van der Waals surface area contributed by atoms with E-state index >= 15 is 0 Å². The van der Waals surface area contributed by atoms with Gasteiger partial charge >= 0.3 is 0 Å². The van der Waals surface area contributed by atoms with Crippen LogP contribution in [0.4, 0.5) is 0 Å². The predicted molar refractivity (Wildman–Crippen MR) is 80.5 cm³/mol. The average Bonchev–Trinajstić information content (AvgIpc) is 3.05. The van der Waals surface area contributed by atoms with Gasteiger partial charge < -0.3 is 9.73 Å². The molecule has 3 rings (SSSR count). The zero-order chi connectivity index (χ0) is 13.1. The third-order valence-corrected chi connectivity index (χ3v) is 4.19. The minimum Gasteiger partial charge on any atom is -0.464 e. The molecule has 2 nitrogen and oxygen atoms in total. The van der Waals surface area contributed by atoms with E-state index in [-0.39, 0.29) is 0 Å². The normalized spacial score (nSPS) is 12.9. The lowest BCUT2D eigenvalue weighted by atomic mass is 10.1. The van der Waals surface area contributed by atoms with Crippen LogP contribution in [0.3, 0.4) is 0 Å². The van der Waals surface area contributed by atoms with Gasteiger partial charge in [-0.25, -0.2) is 0 Å². The summed E-state index contributed by atoms with van der Waals surface area (Å²) >= 11 is 1.82. The van der Waals surface area contributed by atoms with E-state index in [1.54, 1.807) is 0 Å². The number of hydrogen-bond donors (Lipinski definition) is 1. The molecule has 19 heavy (non-hydrogen) atoms. The molecule has 2 aromatic heterocycles. The van der Waals surface area contributed by atoms with E-state index in [0.29, 0.717) is 6.04 Å². The summed E-state index contributed by atoms with van der Waals surface area (Å²) < 4.78 is 5.55. The molecular weight excluding hydrogens is 254 g/mol. The summed E-state index contributed by atoms with van der Waals surface area (Å²) in [4.78, 5) is 1.43. The molecule has 3 heteroatoms. The van der Waals surface area contributed by atoms with Gasteiger partial charge in [0.15, 0.2) is 0 Å². The molecule has 0 aliphatic heterocycles. The van der Waals surface area contributed by atoms with Crippen molar-refractivity contribution in [1.82, 2.24) is 5.32 Å². The number of para-hydroxylation sites is 1. The fraction of sp³-hybridized carbons (Fsp3) is 0.250. The van der Waals surface area contributed by atoms with E-state index in [4.69, 9.17) is 4.42 Å². The smallest absolute Gasteiger partial charge is 0.134 e. The van der Waals surface area contributed by atoms with Crippen molar-refractivity contribution in [3.05, 3.63) is 58.5 Å². The number of hydrogen-bond acceptors (Lipinski definition) is 3. The average molecular weight is 271 g/mol. The molecule has 1 aromatic carbocycles. The zero-order valence-electron chi connectivity index (χ0n) is 10.9. The Balaban J connectivity index is 1.62. The van der Waals surface area contributed by atoms with Crippen LogP contribution in [0.5, 0.6) is 0 Å². The molecule has 0 saturated carbocycles. The Morgan fingerprint density at radius 3 is 2.95 bits per heavy atom. The number of thiophene rings is 1. The lowest BCUT2D eigenvalue weighted by Crippen LogP contribution is -2.27. The van der Waals surface area contributed by atoms with Crippen LogP contribution >= 0.6 is 11.3 Å². The van der Waals surface area contributed by atoms with Crippen LogP contribution in [-0.4, -0.2) is 6.04 Å². The third kappa shape index (κ3) is 2.88. The molecule has 0 spiro atoms. The second kappa shape index (κ2) is 5.59. The highest BCUT2D eigenvalue weighted by atomic mass is 32.1. The van der Waals surface area contributed by atoms with Crippen molar-refractivity contribution in [2.75, 3.05) is 0 Å². The maximum atomic E-state index is 5.55. The van der Waals surface area contributed by atoms with Crippen LogP contribution in [0.2, 0.25) is 0 Å². The van der Waals surface area contributed by atoms with E-state index in [1.165, 1.54) is 15.8 Å². The summed E-state index contributed by atoms with van der Waals surface area (Å²) in [6.07, 6.45) is 2.93. The van der Waals surface area contributed by atoms with E-state index < -0.39 is 0 Å². The van der Waals surface area contributed by atoms with E-state index in [1.807, 2.05) is 29.7 Å². The molecule has 1 atom stereocenters. The molecule has 2 heterocycles. The van der Waals surface area contributed by atoms with Gasteiger partial charge in [0.05, 0.1) is 6.26 Å². The van der Waals surface area contributed by atoms with Crippen LogP contribution in [-0.2, 0) is 13.0 Å². The van der Waals surface area contributed by atoms with E-state index in [0.717, 1.165) is 18.5 Å². The van der Waals surface area contributed by atoms with E-state index in [9.17, 15) is 0 Å². The summed E-state index contributed by atoms with van der Waals surface area (Å²) in [5.74, 6) is 0. The second-order valence-corrected chi connectivity index (χ2v) is 5.85. The number of furan rings is 1. The van der Waals surface area contributed by atoms with E-state index in [2.05, 4.69) is 41.9 Å². The van der Waals surface area contributed by atoms with Crippen molar-refractivity contribution < 1.29 is 4.42 Å². The Morgan fingerprint density at radius 1 is 1.21 bits per heavy atom. The van der Waals surface area contributed by atoms with Crippen LogP contribution in [0.25, 0.3) is 11.0 Å². The number of nitrogens with one attached hydrogen (secondary N) is 1. The Bertz CT molecular complexity index is 642. The first-order valence-electron chi connectivity index (χ1n) is 6.54. The number of benzene rings is 1. The molecule has 0 aliphatic carbocycles. The minimum atomic E-state index is 0.465.